The molecule has 0 N–H and O–H groups in total. The molecule has 1 amide bonds. The number of esters is 1. The van der Waals surface area contributed by atoms with Gasteiger partial charge >= 0.3 is 5.97 Å². The van der Waals surface area contributed by atoms with Gasteiger partial charge < -0.3 is 14.4 Å². The summed E-state index contributed by atoms with van der Waals surface area (Å²) in [6.07, 6.45) is -0.424. The standard InChI is InChI=1S/C15H25NO6S/c1-10-7-16(8-11(2)21-10)15(18)12(3)22-14(17)6-13-4-5-23(19,20)9-13/h10-13H,4-9H2,1-3H3. The number of sulfone groups is 1. The van der Waals surface area contributed by atoms with Crippen molar-refractivity contribution in [2.75, 3.05) is 24.6 Å². The Bertz CT molecular complexity index is 550. The summed E-state index contributed by atoms with van der Waals surface area (Å²) in [7, 11) is -3.01. The third kappa shape index (κ3) is 5.17. The number of hydrogen-bond donors (Lipinski definition) is 0. The van der Waals surface area contributed by atoms with Crippen molar-refractivity contribution < 1.29 is 27.5 Å². The second-order valence-corrected chi connectivity index (χ2v) is 8.83. The average molecular weight is 347 g/mol. The number of ether oxygens (including phenoxy) is 2. The molecule has 0 bridgehead atoms. The van der Waals surface area contributed by atoms with Crippen LogP contribution in [0.2, 0.25) is 0 Å². The van der Waals surface area contributed by atoms with Crippen LogP contribution >= 0.6 is 0 Å². The van der Waals surface area contributed by atoms with E-state index >= 15 is 0 Å². The molecule has 0 aliphatic carbocycles. The van der Waals surface area contributed by atoms with E-state index in [0.717, 1.165) is 0 Å². The van der Waals surface area contributed by atoms with Crippen molar-refractivity contribution in [3.63, 3.8) is 0 Å². The third-order valence-corrected chi connectivity index (χ3v) is 6.01. The number of morpholine rings is 1. The fraction of sp³-hybridized carbons (Fsp3) is 0.867. The Morgan fingerprint density at radius 3 is 2.39 bits per heavy atom. The number of carbonyl (C=O) groups excluding carboxylic acids is 2. The van der Waals surface area contributed by atoms with Crippen molar-refractivity contribution in [3.8, 4) is 0 Å². The highest BCUT2D eigenvalue weighted by atomic mass is 32.2. The maximum Gasteiger partial charge on any atom is 0.306 e. The molecule has 0 aromatic carbocycles. The molecule has 0 saturated carbocycles. The molecule has 2 saturated heterocycles. The number of carbonyl (C=O) groups is 2. The first-order valence-electron chi connectivity index (χ1n) is 8.00. The summed E-state index contributed by atoms with van der Waals surface area (Å²) in [6, 6.07) is 0. The lowest BCUT2D eigenvalue weighted by molar-refractivity contribution is -0.164. The summed E-state index contributed by atoms with van der Waals surface area (Å²) in [4.78, 5) is 25.9. The Morgan fingerprint density at radius 2 is 1.87 bits per heavy atom. The molecule has 132 valence electrons. The van der Waals surface area contributed by atoms with E-state index in [1.807, 2.05) is 13.8 Å². The van der Waals surface area contributed by atoms with Crippen molar-refractivity contribution in [1.29, 1.82) is 0 Å². The SMILES string of the molecule is CC1CN(C(=O)C(C)OC(=O)CC2CCS(=O)(=O)C2)CC(C)O1. The van der Waals surface area contributed by atoms with Gasteiger partial charge in [0, 0.05) is 19.5 Å². The molecule has 2 heterocycles. The van der Waals surface area contributed by atoms with Gasteiger partial charge in [-0.2, -0.15) is 0 Å². The molecule has 0 aromatic heterocycles. The van der Waals surface area contributed by atoms with Crippen LogP contribution in [0.1, 0.15) is 33.6 Å². The Balaban J connectivity index is 1.82. The van der Waals surface area contributed by atoms with Gasteiger partial charge in [0.15, 0.2) is 15.9 Å². The Morgan fingerprint density at radius 1 is 1.26 bits per heavy atom. The second-order valence-electron chi connectivity index (χ2n) is 6.61. The maximum absolute atomic E-state index is 12.4. The fourth-order valence-corrected chi connectivity index (χ4v) is 5.04. The molecular weight excluding hydrogens is 322 g/mol. The maximum atomic E-state index is 12.4. The first kappa shape index (κ1) is 18.2. The van der Waals surface area contributed by atoms with Gasteiger partial charge in [0.2, 0.25) is 0 Å². The highest BCUT2D eigenvalue weighted by Gasteiger charge is 2.33. The molecule has 7 nitrogen and oxygen atoms in total. The zero-order chi connectivity index (χ0) is 17.2. The molecule has 4 atom stereocenters. The van der Waals surface area contributed by atoms with E-state index in [9.17, 15) is 18.0 Å². The van der Waals surface area contributed by atoms with Gasteiger partial charge in [-0.15, -0.1) is 0 Å². The number of rotatable bonds is 4. The highest BCUT2D eigenvalue weighted by molar-refractivity contribution is 7.91. The Hall–Kier alpha value is -1.15. The minimum Gasteiger partial charge on any atom is -0.453 e. The van der Waals surface area contributed by atoms with Crippen molar-refractivity contribution in [2.24, 2.45) is 5.92 Å². The van der Waals surface area contributed by atoms with Gasteiger partial charge in [-0.25, -0.2) is 8.42 Å². The van der Waals surface area contributed by atoms with Crippen molar-refractivity contribution in [3.05, 3.63) is 0 Å². The monoisotopic (exact) mass is 347 g/mol. The van der Waals surface area contributed by atoms with E-state index < -0.39 is 21.9 Å². The molecule has 2 rings (SSSR count). The molecule has 8 heteroatoms. The van der Waals surface area contributed by atoms with Crippen LogP contribution in [-0.4, -0.2) is 68.1 Å². The molecule has 0 spiro atoms. The first-order chi connectivity index (χ1) is 10.7. The minimum atomic E-state index is -3.01. The van der Waals surface area contributed by atoms with Gasteiger partial charge in [-0.1, -0.05) is 0 Å². The average Bonchev–Trinajstić information content (AvgIpc) is 2.75. The minimum absolute atomic E-state index is 0.0307. The zero-order valence-electron chi connectivity index (χ0n) is 13.9. The first-order valence-corrected chi connectivity index (χ1v) is 9.82. The van der Waals surface area contributed by atoms with E-state index in [0.29, 0.717) is 19.5 Å². The molecule has 23 heavy (non-hydrogen) atoms. The van der Waals surface area contributed by atoms with E-state index in [-0.39, 0.29) is 42.0 Å². The van der Waals surface area contributed by atoms with Gasteiger partial charge in [-0.3, -0.25) is 9.59 Å². The zero-order valence-corrected chi connectivity index (χ0v) is 14.7. The lowest BCUT2D eigenvalue weighted by atomic mass is 10.1. The number of hydrogen-bond acceptors (Lipinski definition) is 6. The normalized spacial score (nSPS) is 31.6. The third-order valence-electron chi connectivity index (χ3n) is 4.17. The number of nitrogens with zero attached hydrogens (tertiary/aromatic N) is 1. The van der Waals surface area contributed by atoms with Crippen molar-refractivity contribution in [2.45, 2.75) is 51.9 Å². The van der Waals surface area contributed by atoms with Crippen LogP contribution in [-0.2, 0) is 28.9 Å². The van der Waals surface area contributed by atoms with Crippen LogP contribution in [0, 0.1) is 5.92 Å². The molecular formula is C15H25NO6S. The van der Waals surface area contributed by atoms with Crippen LogP contribution in [0.4, 0.5) is 0 Å². The molecule has 2 aliphatic heterocycles. The summed E-state index contributed by atoms with van der Waals surface area (Å²) in [5.74, 6) is -0.786. The van der Waals surface area contributed by atoms with E-state index in [4.69, 9.17) is 9.47 Å². The molecule has 4 unspecified atom stereocenters. The van der Waals surface area contributed by atoms with Crippen molar-refractivity contribution in [1.82, 2.24) is 4.90 Å². The van der Waals surface area contributed by atoms with Gasteiger partial charge in [-0.05, 0) is 33.1 Å². The largest absolute Gasteiger partial charge is 0.453 e. The summed E-state index contributed by atoms with van der Waals surface area (Å²) >= 11 is 0. The van der Waals surface area contributed by atoms with E-state index in [1.54, 1.807) is 11.8 Å². The van der Waals surface area contributed by atoms with E-state index in [2.05, 4.69) is 0 Å². The molecule has 2 aliphatic rings. The Kier molecular flexibility index (Phi) is 5.67. The highest BCUT2D eigenvalue weighted by Crippen LogP contribution is 2.22. The van der Waals surface area contributed by atoms with Gasteiger partial charge in [0.05, 0.1) is 23.7 Å². The van der Waals surface area contributed by atoms with Crippen molar-refractivity contribution >= 4 is 21.7 Å². The smallest absolute Gasteiger partial charge is 0.306 e. The predicted octanol–water partition coefficient (Wildman–Crippen LogP) is 0.379. The summed E-state index contributed by atoms with van der Waals surface area (Å²) in [5.41, 5.74) is 0. The van der Waals surface area contributed by atoms with E-state index in [1.165, 1.54) is 0 Å². The van der Waals surface area contributed by atoms with Crippen LogP contribution in [0.25, 0.3) is 0 Å². The van der Waals surface area contributed by atoms with Crippen LogP contribution in [0.5, 0.6) is 0 Å². The van der Waals surface area contributed by atoms with Crippen LogP contribution < -0.4 is 0 Å². The Labute approximate surface area is 137 Å². The predicted molar refractivity (Wildman–Crippen MR) is 83.5 cm³/mol. The lowest BCUT2D eigenvalue weighted by Gasteiger charge is -2.36. The fourth-order valence-electron chi connectivity index (χ4n) is 3.18. The van der Waals surface area contributed by atoms with Crippen LogP contribution in [0.15, 0.2) is 0 Å². The summed E-state index contributed by atoms with van der Waals surface area (Å²) in [5, 5.41) is 0. The van der Waals surface area contributed by atoms with Gasteiger partial charge in [0.1, 0.15) is 0 Å². The lowest BCUT2D eigenvalue weighted by Crippen LogP contribution is -2.51. The van der Waals surface area contributed by atoms with Crippen LogP contribution in [0.3, 0.4) is 0 Å². The second kappa shape index (κ2) is 7.17. The quantitative estimate of drug-likeness (QED) is 0.683. The number of amides is 1. The summed E-state index contributed by atoms with van der Waals surface area (Å²) < 4.78 is 33.6. The molecule has 0 aromatic rings. The summed E-state index contributed by atoms with van der Waals surface area (Å²) in [6.45, 7) is 6.30. The molecule has 0 radical (unpaired) electrons. The molecule has 2 fully saturated rings. The topological polar surface area (TPSA) is 90.0 Å². The van der Waals surface area contributed by atoms with Gasteiger partial charge in [0.25, 0.3) is 5.91 Å².